The molecular weight excluding hydrogens is 707 g/mol. The SMILES string of the molecule is Clc1nc(Cl)nc(-c2ccc3c(c2)CCCC3)n1.Clc1nc(Cl)nc(Cl)n1.[Cl][Al]([Cl])[Cl].c1ccc2c(c1)CCCC2. The number of aromatic nitrogens is 6. The molecule has 0 unspecified atom stereocenters. The molecule has 0 bridgehead atoms. The van der Waals surface area contributed by atoms with E-state index in [0.29, 0.717) is 5.82 Å². The van der Waals surface area contributed by atoms with E-state index in [-0.39, 0.29) is 26.4 Å². The molecule has 0 atom stereocenters. The summed E-state index contributed by atoms with van der Waals surface area (Å²) in [6, 6.07) is 15.1. The lowest BCUT2D eigenvalue weighted by Crippen LogP contribution is -2.03. The molecule has 41 heavy (non-hydrogen) atoms. The second-order valence-corrected chi connectivity index (χ2v) is 16.9. The molecule has 0 saturated carbocycles. The number of rotatable bonds is 1. The molecule has 2 aromatic heterocycles. The monoisotopic (exact) mass is 726 g/mol. The maximum Gasteiger partial charge on any atom is 0.643 e. The number of hydrogen-bond acceptors (Lipinski definition) is 6. The van der Waals surface area contributed by atoms with Crippen LogP contribution in [0.2, 0.25) is 26.4 Å². The van der Waals surface area contributed by atoms with E-state index in [4.69, 9.17) is 88.2 Å². The van der Waals surface area contributed by atoms with Crippen molar-refractivity contribution in [1.82, 2.24) is 29.9 Å². The second kappa shape index (κ2) is 18.2. The highest BCUT2D eigenvalue weighted by Gasteiger charge is 2.12. The summed E-state index contributed by atoms with van der Waals surface area (Å²) in [6.07, 6.45) is 10.2. The lowest BCUT2D eigenvalue weighted by atomic mass is 9.90. The van der Waals surface area contributed by atoms with E-state index in [1.807, 2.05) is 6.07 Å². The molecule has 0 spiro atoms. The Kier molecular flexibility index (Phi) is 15.4. The zero-order valence-electron chi connectivity index (χ0n) is 21.5. The van der Waals surface area contributed by atoms with Gasteiger partial charge in [0.1, 0.15) is 0 Å². The largest absolute Gasteiger partial charge is 0.643 e. The van der Waals surface area contributed by atoms with Crippen LogP contribution in [-0.4, -0.2) is 41.3 Å². The normalized spacial score (nSPS) is 13.1. The fourth-order valence-corrected chi connectivity index (χ4v) is 5.28. The van der Waals surface area contributed by atoms with Gasteiger partial charge in [-0.15, -0.1) is 0 Å². The first-order valence-corrected chi connectivity index (χ1v) is 19.6. The summed E-state index contributed by atoms with van der Waals surface area (Å²) in [5.74, 6) is 0.536. The predicted octanol–water partition coefficient (Wildman–Crippen LogP) is 9.81. The van der Waals surface area contributed by atoms with Gasteiger partial charge in [0.25, 0.3) is 0 Å². The molecule has 2 aromatic carbocycles. The molecular formula is C26H23AlCl8N6. The molecule has 15 heteroatoms. The fraction of sp³-hybridized carbons (Fsp3) is 0.308. The van der Waals surface area contributed by atoms with Gasteiger partial charge in [-0.25, -0.2) is 30.1 Å². The summed E-state index contributed by atoms with van der Waals surface area (Å²) in [5.41, 5.74) is 6.91. The number of nitrogens with zero attached hydrogens (tertiary/aromatic N) is 6. The maximum absolute atomic E-state index is 5.80. The van der Waals surface area contributed by atoms with Crippen LogP contribution in [-0.2, 0) is 25.7 Å². The molecule has 0 aliphatic heterocycles. The lowest BCUT2D eigenvalue weighted by Gasteiger charge is -2.16. The van der Waals surface area contributed by atoms with Crippen LogP contribution in [0.4, 0.5) is 0 Å². The van der Waals surface area contributed by atoms with Gasteiger partial charge in [-0.2, -0.15) is 29.9 Å². The smallest absolute Gasteiger partial charge is 0.214 e. The van der Waals surface area contributed by atoms with E-state index in [1.54, 1.807) is 11.1 Å². The minimum Gasteiger partial charge on any atom is -0.214 e. The van der Waals surface area contributed by atoms with Crippen molar-refractivity contribution in [1.29, 1.82) is 0 Å². The first kappa shape index (κ1) is 34.8. The lowest BCUT2D eigenvalue weighted by molar-refractivity contribution is 0.685. The van der Waals surface area contributed by atoms with Gasteiger partial charge in [0, 0.05) is 5.56 Å². The highest BCUT2D eigenvalue weighted by Crippen LogP contribution is 2.26. The molecule has 2 aliphatic rings. The number of halogens is 8. The zero-order valence-corrected chi connectivity index (χ0v) is 28.7. The highest BCUT2D eigenvalue weighted by molar-refractivity contribution is 7.54. The van der Waals surface area contributed by atoms with Crippen molar-refractivity contribution in [2.24, 2.45) is 0 Å². The molecule has 0 saturated heterocycles. The number of benzene rings is 2. The average molecular weight is 730 g/mol. The third-order valence-corrected chi connectivity index (χ3v) is 6.85. The van der Waals surface area contributed by atoms with Gasteiger partial charge < -0.3 is 0 Å². The van der Waals surface area contributed by atoms with E-state index < -0.39 is 11.4 Å². The topological polar surface area (TPSA) is 77.3 Å². The molecule has 4 aromatic rings. The van der Waals surface area contributed by atoms with Gasteiger partial charge in [0.05, 0.1) is 0 Å². The van der Waals surface area contributed by atoms with E-state index in [0.717, 1.165) is 18.4 Å². The van der Waals surface area contributed by atoms with Crippen molar-refractivity contribution in [3.8, 4) is 11.4 Å². The standard InChI is InChI=1S/C13H11Cl2N3.C10H12.C3Cl3N3.Al.3ClH/c14-12-16-11(17-13(15)18-12)10-6-5-8-3-1-2-4-9(8)7-10;1-2-6-10-8-4-3-7-9(10)5-1;4-1-7-2(5)9-3(6)8-1;;;;/h5-7H,1-4H2;1-2,5-6H,3-4,7-8H2;;;3*1H/q;;;+3;;;/p-3. The van der Waals surface area contributed by atoms with Gasteiger partial charge in [-0.1, -0.05) is 36.4 Å². The van der Waals surface area contributed by atoms with E-state index in [2.05, 4.69) is 66.3 Å². The molecule has 216 valence electrons. The molecule has 2 heterocycles. The molecule has 2 aliphatic carbocycles. The minimum atomic E-state index is -1.72. The summed E-state index contributed by atoms with van der Waals surface area (Å²) in [4.78, 5) is 22.4. The van der Waals surface area contributed by atoms with Crippen LogP contribution in [0.25, 0.3) is 11.4 Å². The number of hydrogen-bond donors (Lipinski definition) is 0. The third kappa shape index (κ3) is 12.8. The Morgan fingerprint density at radius 2 is 0.805 bits per heavy atom. The summed E-state index contributed by atoms with van der Waals surface area (Å²) in [7, 11) is 14.8. The van der Waals surface area contributed by atoms with Crippen LogP contribution in [0.3, 0.4) is 0 Å². The number of aryl methyl sites for hydroxylation is 4. The molecule has 0 amide bonds. The van der Waals surface area contributed by atoms with Crippen LogP contribution in [0.1, 0.15) is 47.9 Å². The van der Waals surface area contributed by atoms with Gasteiger partial charge in [0.2, 0.25) is 26.4 Å². The Morgan fingerprint density at radius 3 is 1.22 bits per heavy atom. The van der Waals surface area contributed by atoms with Crippen LogP contribution in [0, 0.1) is 0 Å². The van der Waals surface area contributed by atoms with E-state index in [9.17, 15) is 0 Å². The van der Waals surface area contributed by atoms with E-state index in [1.165, 1.54) is 49.7 Å². The van der Waals surface area contributed by atoms with Crippen LogP contribution >= 0.6 is 88.2 Å². The van der Waals surface area contributed by atoms with Crippen molar-refractivity contribution in [3.05, 3.63) is 91.1 Å². The van der Waals surface area contributed by atoms with Crippen molar-refractivity contribution < 1.29 is 0 Å². The molecule has 0 radical (unpaired) electrons. The quantitative estimate of drug-likeness (QED) is 0.182. The number of fused-ring (bicyclic) bond motifs is 2. The average Bonchev–Trinajstić information content (AvgIpc) is 2.92. The van der Waals surface area contributed by atoms with Crippen molar-refractivity contribution >= 4 is 99.5 Å². The summed E-state index contributed by atoms with van der Waals surface area (Å²) in [6.45, 7) is 0. The summed E-state index contributed by atoms with van der Waals surface area (Å²) in [5, 5.41) is 0.255. The fourth-order valence-electron chi connectivity index (χ4n) is 4.31. The van der Waals surface area contributed by atoms with Crippen molar-refractivity contribution in [2.45, 2.75) is 51.4 Å². The zero-order chi connectivity index (χ0) is 29.8. The first-order chi connectivity index (χ1) is 19.6. The van der Waals surface area contributed by atoms with Gasteiger partial charge in [-0.3, -0.25) is 0 Å². The second-order valence-electron chi connectivity index (χ2n) is 8.75. The minimum absolute atomic E-state index is 0.000000000000000444. The molecule has 0 fully saturated rings. The summed E-state index contributed by atoms with van der Waals surface area (Å²) >= 11 is 25.8. The van der Waals surface area contributed by atoms with Crippen molar-refractivity contribution in [3.63, 3.8) is 0 Å². The van der Waals surface area contributed by atoms with Crippen LogP contribution in [0.5, 0.6) is 0 Å². The van der Waals surface area contributed by atoms with Gasteiger partial charge >= 0.3 is 11.4 Å². The Bertz CT molecular complexity index is 1330. The Morgan fingerprint density at radius 1 is 0.463 bits per heavy atom. The van der Waals surface area contributed by atoms with Gasteiger partial charge in [-0.05, 0) is 138 Å². The molecule has 6 nitrogen and oxygen atoms in total. The Balaban J connectivity index is 0.000000171. The van der Waals surface area contributed by atoms with Crippen LogP contribution < -0.4 is 0 Å². The first-order valence-electron chi connectivity index (χ1n) is 12.5. The maximum atomic E-state index is 5.80. The highest BCUT2D eigenvalue weighted by atomic mass is 35.8. The third-order valence-electron chi connectivity index (χ3n) is 6.00. The predicted molar refractivity (Wildman–Crippen MR) is 173 cm³/mol. The molecule has 6 rings (SSSR count). The Labute approximate surface area is 281 Å². The molecule has 0 N–H and O–H groups in total. The Hall–Kier alpha value is -0.688. The van der Waals surface area contributed by atoms with Crippen LogP contribution in [0.15, 0.2) is 42.5 Å². The van der Waals surface area contributed by atoms with Gasteiger partial charge in [0.15, 0.2) is 5.82 Å². The summed E-state index contributed by atoms with van der Waals surface area (Å²) < 4.78 is 0. The van der Waals surface area contributed by atoms with E-state index >= 15 is 0 Å². The van der Waals surface area contributed by atoms with Crippen molar-refractivity contribution in [2.75, 3.05) is 0 Å².